The van der Waals surface area contributed by atoms with Crippen molar-refractivity contribution in [3.8, 4) is 0 Å². The minimum absolute atomic E-state index is 0.0136. The number of nitrogens with one attached hydrogen (secondary N) is 2. The minimum Gasteiger partial charge on any atom is -0.478 e. The van der Waals surface area contributed by atoms with Gasteiger partial charge in [0, 0.05) is 25.1 Å². The maximum absolute atomic E-state index is 12.3. The molecule has 0 aromatic carbocycles. The molecule has 3 N–H and O–H groups in total. The molecule has 2 heterocycles. The second-order valence-corrected chi connectivity index (χ2v) is 6.09. The topological polar surface area (TPSA) is 132 Å². The quantitative estimate of drug-likeness (QED) is 0.709. The number of aromatic amines is 2. The molecule has 0 aliphatic heterocycles. The fourth-order valence-electron chi connectivity index (χ4n) is 1.67. The molecule has 20 heavy (non-hydrogen) atoms. The maximum Gasteiger partial charge on any atom is 0.340 e. The number of aryl methyl sites for hydroxylation is 1. The highest BCUT2D eigenvalue weighted by Gasteiger charge is 2.31. The third kappa shape index (κ3) is 2.42. The normalized spacial score (nSPS) is 11.9. The Labute approximate surface area is 114 Å². The molecular weight excluding hydrogens is 286 g/mol. The van der Waals surface area contributed by atoms with E-state index in [2.05, 4.69) is 20.2 Å². The molecule has 10 heteroatoms. The lowest BCUT2D eigenvalue weighted by Gasteiger charge is -2.14. The van der Waals surface area contributed by atoms with Crippen LogP contribution >= 0.6 is 0 Å². The van der Waals surface area contributed by atoms with E-state index in [1.165, 1.54) is 20.2 Å². The Kier molecular flexibility index (Phi) is 3.59. The Balaban J connectivity index is 2.38. The van der Waals surface area contributed by atoms with Crippen LogP contribution in [0, 0.1) is 6.92 Å². The molecule has 0 unspecified atom stereocenters. The molecule has 0 saturated carbocycles. The zero-order valence-electron chi connectivity index (χ0n) is 10.8. The lowest BCUT2D eigenvalue weighted by Crippen LogP contribution is -2.28. The van der Waals surface area contributed by atoms with Crippen molar-refractivity contribution in [3.05, 3.63) is 29.5 Å². The Hall–Kier alpha value is -2.20. The van der Waals surface area contributed by atoms with Crippen molar-refractivity contribution in [2.75, 3.05) is 7.05 Å². The molecule has 108 valence electrons. The predicted molar refractivity (Wildman–Crippen MR) is 67.5 cm³/mol. The van der Waals surface area contributed by atoms with Crippen molar-refractivity contribution in [2.24, 2.45) is 0 Å². The highest BCUT2D eigenvalue weighted by molar-refractivity contribution is 7.89. The van der Waals surface area contributed by atoms with Gasteiger partial charge in [0.25, 0.3) is 10.0 Å². The van der Waals surface area contributed by atoms with Crippen LogP contribution in [0.3, 0.4) is 0 Å². The van der Waals surface area contributed by atoms with Crippen molar-refractivity contribution in [1.29, 1.82) is 0 Å². The zero-order valence-corrected chi connectivity index (χ0v) is 11.6. The van der Waals surface area contributed by atoms with Crippen LogP contribution in [0.2, 0.25) is 0 Å². The summed E-state index contributed by atoms with van der Waals surface area (Å²) in [4.78, 5) is 17.8. The number of carbonyl (C=O) groups is 1. The number of imidazole rings is 1. The van der Waals surface area contributed by atoms with E-state index in [0.717, 1.165) is 4.31 Å². The van der Waals surface area contributed by atoms with Crippen molar-refractivity contribution < 1.29 is 18.3 Å². The number of carboxylic acid groups (broad SMARTS) is 1. The highest BCUT2D eigenvalue weighted by Crippen LogP contribution is 2.20. The van der Waals surface area contributed by atoms with Crippen LogP contribution in [-0.4, -0.2) is 51.0 Å². The smallest absolute Gasteiger partial charge is 0.340 e. The monoisotopic (exact) mass is 299 g/mol. The van der Waals surface area contributed by atoms with Gasteiger partial charge in [0.05, 0.1) is 6.54 Å². The first-order chi connectivity index (χ1) is 9.34. The van der Waals surface area contributed by atoms with Crippen molar-refractivity contribution in [3.63, 3.8) is 0 Å². The molecule has 0 aliphatic carbocycles. The number of rotatable bonds is 5. The van der Waals surface area contributed by atoms with E-state index >= 15 is 0 Å². The molecule has 2 aromatic rings. The van der Waals surface area contributed by atoms with Crippen LogP contribution in [0.4, 0.5) is 0 Å². The number of H-pyrrole nitrogens is 2. The van der Waals surface area contributed by atoms with Gasteiger partial charge < -0.3 is 10.1 Å². The fourth-order valence-corrected chi connectivity index (χ4v) is 2.92. The van der Waals surface area contributed by atoms with Gasteiger partial charge in [-0.1, -0.05) is 0 Å². The van der Waals surface area contributed by atoms with Gasteiger partial charge in [-0.15, -0.1) is 0 Å². The molecular formula is C10H13N5O4S. The zero-order chi connectivity index (χ0) is 14.9. The summed E-state index contributed by atoms with van der Waals surface area (Å²) in [7, 11) is -2.69. The summed E-state index contributed by atoms with van der Waals surface area (Å²) < 4.78 is 25.7. The number of aromatic carboxylic acids is 1. The molecule has 0 saturated heterocycles. The predicted octanol–water partition coefficient (Wildman–Crippen LogP) is -0.0399. The summed E-state index contributed by atoms with van der Waals surface area (Å²) in [5.41, 5.74) is -0.168. The highest BCUT2D eigenvalue weighted by atomic mass is 32.2. The molecule has 0 aliphatic rings. The van der Waals surface area contributed by atoms with Gasteiger partial charge in [0.1, 0.15) is 11.4 Å². The van der Waals surface area contributed by atoms with E-state index in [-0.39, 0.29) is 17.8 Å². The number of carboxylic acids is 1. The Bertz CT molecular complexity index is 719. The molecule has 2 rings (SSSR count). The fraction of sp³-hybridized carbons (Fsp3) is 0.300. The van der Waals surface area contributed by atoms with Crippen LogP contribution in [0.25, 0.3) is 0 Å². The summed E-state index contributed by atoms with van der Waals surface area (Å²) in [6.45, 7) is 1.43. The molecule has 0 atom stereocenters. The lowest BCUT2D eigenvalue weighted by atomic mass is 10.3. The first-order valence-corrected chi connectivity index (χ1v) is 7.01. The van der Waals surface area contributed by atoms with Crippen LogP contribution in [0.1, 0.15) is 21.9 Å². The van der Waals surface area contributed by atoms with Gasteiger partial charge in [-0.25, -0.2) is 18.2 Å². The summed E-state index contributed by atoms with van der Waals surface area (Å²) in [6, 6.07) is 0. The van der Waals surface area contributed by atoms with Gasteiger partial charge in [-0.3, -0.25) is 5.10 Å². The number of hydrogen-bond acceptors (Lipinski definition) is 5. The van der Waals surface area contributed by atoms with Crippen molar-refractivity contribution in [2.45, 2.75) is 18.5 Å². The van der Waals surface area contributed by atoms with Crippen LogP contribution in [0.5, 0.6) is 0 Å². The van der Waals surface area contributed by atoms with Crippen LogP contribution in [-0.2, 0) is 16.6 Å². The summed E-state index contributed by atoms with van der Waals surface area (Å²) in [5.74, 6) is -0.901. The van der Waals surface area contributed by atoms with Crippen molar-refractivity contribution in [1.82, 2.24) is 24.5 Å². The van der Waals surface area contributed by atoms with Gasteiger partial charge in [0.15, 0.2) is 0 Å². The average Bonchev–Trinajstić information content (AvgIpc) is 2.98. The molecule has 9 nitrogen and oxygen atoms in total. The van der Waals surface area contributed by atoms with Gasteiger partial charge in [-0.05, 0) is 6.92 Å². The van der Waals surface area contributed by atoms with Crippen LogP contribution < -0.4 is 0 Å². The average molecular weight is 299 g/mol. The number of sulfonamides is 1. The molecule has 0 amide bonds. The first-order valence-electron chi connectivity index (χ1n) is 5.57. The summed E-state index contributed by atoms with van der Waals surface area (Å²) >= 11 is 0. The minimum atomic E-state index is -4.02. The van der Waals surface area contributed by atoms with E-state index in [4.69, 9.17) is 5.11 Å². The van der Waals surface area contributed by atoms with Crippen LogP contribution in [0.15, 0.2) is 17.4 Å². The molecule has 0 fully saturated rings. The van der Waals surface area contributed by atoms with E-state index in [1.807, 2.05) is 0 Å². The molecule has 0 spiro atoms. The van der Waals surface area contributed by atoms with E-state index in [0.29, 0.717) is 5.82 Å². The Morgan fingerprint density at radius 2 is 2.20 bits per heavy atom. The summed E-state index contributed by atoms with van der Waals surface area (Å²) in [5, 5.41) is 14.5. The maximum atomic E-state index is 12.3. The standard InChI is InChI=1S/C10H13N5O4S/c1-6-8(10(16)17)9(14-13-6)20(18,19)15(2)5-7-11-3-4-12-7/h3-4H,5H2,1-2H3,(H,11,12)(H,13,14)(H,16,17). The SMILES string of the molecule is Cc1[nH]nc(S(=O)(=O)N(C)Cc2ncc[nH]2)c1C(=O)O. The molecule has 2 aromatic heterocycles. The van der Waals surface area contributed by atoms with Crippen molar-refractivity contribution >= 4 is 16.0 Å². The largest absolute Gasteiger partial charge is 0.478 e. The van der Waals surface area contributed by atoms with E-state index in [1.54, 1.807) is 6.20 Å². The Morgan fingerprint density at radius 3 is 2.75 bits per heavy atom. The molecule has 0 radical (unpaired) electrons. The third-order valence-electron chi connectivity index (χ3n) is 2.71. The number of aromatic nitrogens is 4. The van der Waals surface area contributed by atoms with Gasteiger partial charge in [0.2, 0.25) is 5.03 Å². The number of nitrogens with zero attached hydrogens (tertiary/aromatic N) is 3. The second kappa shape index (κ2) is 5.06. The number of hydrogen-bond donors (Lipinski definition) is 3. The third-order valence-corrected chi connectivity index (χ3v) is 4.44. The van der Waals surface area contributed by atoms with E-state index in [9.17, 15) is 13.2 Å². The van der Waals surface area contributed by atoms with Gasteiger partial charge >= 0.3 is 5.97 Å². The Morgan fingerprint density at radius 1 is 1.50 bits per heavy atom. The molecule has 0 bridgehead atoms. The van der Waals surface area contributed by atoms with E-state index < -0.39 is 21.0 Å². The lowest BCUT2D eigenvalue weighted by molar-refractivity contribution is 0.0691. The second-order valence-electron chi connectivity index (χ2n) is 4.13. The van der Waals surface area contributed by atoms with Gasteiger partial charge in [-0.2, -0.15) is 9.40 Å². The first kappa shape index (κ1) is 14.2. The summed E-state index contributed by atoms with van der Waals surface area (Å²) in [6.07, 6.45) is 3.06.